The highest BCUT2D eigenvalue weighted by molar-refractivity contribution is 5.74. The van der Waals surface area contributed by atoms with Crippen LogP contribution < -0.4 is 5.32 Å². The molecule has 0 bridgehead atoms. The lowest BCUT2D eigenvalue weighted by Gasteiger charge is -2.27. The number of nitrogens with one attached hydrogen (secondary N) is 1. The molecule has 112 valence electrons. The van der Waals surface area contributed by atoms with Crippen LogP contribution in [0.1, 0.15) is 40.5 Å². The van der Waals surface area contributed by atoms with Crippen LogP contribution in [0.4, 0.5) is 4.79 Å². The topological polar surface area (TPSA) is 89.9 Å². The monoisotopic (exact) mass is 274 g/mol. The van der Waals surface area contributed by atoms with Crippen molar-refractivity contribution in [2.45, 2.75) is 46.1 Å². The van der Waals surface area contributed by atoms with Crippen LogP contribution in [0.3, 0.4) is 0 Å². The van der Waals surface area contributed by atoms with E-state index in [-0.39, 0.29) is 12.6 Å². The first-order valence-electron chi connectivity index (χ1n) is 6.68. The first-order valence-corrected chi connectivity index (χ1v) is 6.68. The largest absolute Gasteiger partial charge is 0.481 e. The molecule has 0 fully saturated rings. The molecule has 6 nitrogen and oxygen atoms in total. The number of rotatable bonds is 8. The van der Waals surface area contributed by atoms with Crippen molar-refractivity contribution >= 4 is 12.0 Å². The van der Waals surface area contributed by atoms with Crippen molar-refractivity contribution in [2.75, 3.05) is 19.6 Å². The van der Waals surface area contributed by atoms with Gasteiger partial charge in [-0.15, -0.1) is 0 Å². The molecule has 0 aromatic carbocycles. The molecule has 0 heterocycles. The van der Waals surface area contributed by atoms with Gasteiger partial charge in [-0.1, -0.05) is 20.3 Å². The van der Waals surface area contributed by atoms with E-state index in [1.54, 1.807) is 4.90 Å². The van der Waals surface area contributed by atoms with E-state index in [4.69, 9.17) is 5.11 Å². The van der Waals surface area contributed by atoms with Gasteiger partial charge in [-0.05, 0) is 19.8 Å². The highest BCUT2D eigenvalue weighted by Gasteiger charge is 2.25. The minimum Gasteiger partial charge on any atom is -0.481 e. The van der Waals surface area contributed by atoms with Crippen molar-refractivity contribution in [3.05, 3.63) is 0 Å². The van der Waals surface area contributed by atoms with Gasteiger partial charge in [0.2, 0.25) is 0 Å². The Morgan fingerprint density at radius 3 is 2.37 bits per heavy atom. The van der Waals surface area contributed by atoms with Crippen LogP contribution in [0, 0.1) is 5.92 Å². The maximum atomic E-state index is 11.9. The Hall–Kier alpha value is -1.30. The predicted octanol–water partition coefficient (Wildman–Crippen LogP) is 1.29. The molecule has 2 atom stereocenters. The molecule has 0 radical (unpaired) electrons. The Balaban J connectivity index is 4.30. The van der Waals surface area contributed by atoms with Gasteiger partial charge in [-0.25, -0.2) is 4.79 Å². The second-order valence-corrected chi connectivity index (χ2v) is 5.28. The Kier molecular flexibility index (Phi) is 7.44. The average molecular weight is 274 g/mol. The minimum absolute atomic E-state index is 0.0743. The van der Waals surface area contributed by atoms with Crippen molar-refractivity contribution in [3.8, 4) is 0 Å². The van der Waals surface area contributed by atoms with Crippen molar-refractivity contribution in [1.29, 1.82) is 0 Å². The summed E-state index contributed by atoms with van der Waals surface area (Å²) in [5, 5.41) is 21.0. The Labute approximate surface area is 114 Å². The van der Waals surface area contributed by atoms with E-state index < -0.39 is 18.0 Å². The first kappa shape index (κ1) is 17.7. The van der Waals surface area contributed by atoms with Gasteiger partial charge in [-0.3, -0.25) is 4.79 Å². The van der Waals surface area contributed by atoms with Crippen LogP contribution in [0.25, 0.3) is 0 Å². The zero-order chi connectivity index (χ0) is 15.1. The molecule has 0 spiro atoms. The van der Waals surface area contributed by atoms with E-state index in [0.29, 0.717) is 19.0 Å². The maximum Gasteiger partial charge on any atom is 0.317 e. The SMILES string of the molecule is CCC(C)CN(CC)C(=O)NCC(C)(O)CC(=O)O. The molecule has 0 aliphatic heterocycles. The summed E-state index contributed by atoms with van der Waals surface area (Å²) in [6.07, 6.45) is 0.589. The van der Waals surface area contributed by atoms with Crippen LogP contribution >= 0.6 is 0 Å². The third-order valence-corrected chi connectivity index (χ3v) is 3.05. The van der Waals surface area contributed by atoms with Crippen LogP contribution in [0.2, 0.25) is 0 Å². The molecule has 2 unspecified atom stereocenters. The van der Waals surface area contributed by atoms with Gasteiger partial charge >= 0.3 is 12.0 Å². The minimum atomic E-state index is -1.43. The summed E-state index contributed by atoms with van der Waals surface area (Å²) in [5.74, 6) is -0.684. The van der Waals surface area contributed by atoms with Crippen molar-refractivity contribution < 1.29 is 19.8 Å². The van der Waals surface area contributed by atoms with Gasteiger partial charge in [0.05, 0.1) is 12.0 Å². The zero-order valence-electron chi connectivity index (χ0n) is 12.3. The van der Waals surface area contributed by atoms with E-state index in [1.807, 2.05) is 6.92 Å². The molecular formula is C13H26N2O4. The third kappa shape index (κ3) is 7.66. The standard InChI is InChI=1S/C13H26N2O4/c1-5-10(3)8-15(6-2)12(18)14-9-13(4,19)7-11(16)17/h10,19H,5-9H2,1-4H3,(H,14,18)(H,16,17). The molecule has 0 rings (SSSR count). The van der Waals surface area contributed by atoms with Gasteiger partial charge in [0.25, 0.3) is 0 Å². The number of hydrogen-bond donors (Lipinski definition) is 3. The van der Waals surface area contributed by atoms with Crippen molar-refractivity contribution in [1.82, 2.24) is 10.2 Å². The Morgan fingerprint density at radius 1 is 1.37 bits per heavy atom. The fraction of sp³-hybridized carbons (Fsp3) is 0.846. The van der Waals surface area contributed by atoms with Gasteiger partial charge in [-0.2, -0.15) is 0 Å². The number of urea groups is 1. The number of carbonyl (C=O) groups is 2. The lowest BCUT2D eigenvalue weighted by molar-refractivity contribution is -0.141. The number of nitrogens with zero attached hydrogens (tertiary/aromatic N) is 1. The molecule has 0 aromatic rings. The molecular weight excluding hydrogens is 248 g/mol. The van der Waals surface area contributed by atoms with E-state index in [0.717, 1.165) is 6.42 Å². The summed E-state index contributed by atoms with van der Waals surface area (Å²) >= 11 is 0. The second kappa shape index (κ2) is 7.99. The summed E-state index contributed by atoms with van der Waals surface area (Å²) < 4.78 is 0. The summed E-state index contributed by atoms with van der Waals surface area (Å²) in [6.45, 7) is 8.57. The molecule has 0 saturated heterocycles. The highest BCUT2D eigenvalue weighted by Crippen LogP contribution is 2.08. The second-order valence-electron chi connectivity index (χ2n) is 5.28. The van der Waals surface area contributed by atoms with Crippen LogP contribution in [0.15, 0.2) is 0 Å². The smallest absolute Gasteiger partial charge is 0.317 e. The van der Waals surface area contributed by atoms with Gasteiger partial charge in [0, 0.05) is 19.6 Å². The Morgan fingerprint density at radius 2 is 1.95 bits per heavy atom. The van der Waals surface area contributed by atoms with Gasteiger partial charge in [0.1, 0.15) is 0 Å². The van der Waals surface area contributed by atoms with E-state index in [1.165, 1.54) is 6.92 Å². The molecule has 3 N–H and O–H groups in total. The fourth-order valence-corrected chi connectivity index (χ4v) is 1.63. The summed E-state index contributed by atoms with van der Waals surface area (Å²) in [7, 11) is 0. The number of carboxylic acids is 1. The van der Waals surface area contributed by atoms with Gasteiger partial charge in [0.15, 0.2) is 0 Å². The summed E-state index contributed by atoms with van der Waals surface area (Å²) in [5.41, 5.74) is -1.43. The first-order chi connectivity index (χ1) is 8.71. The van der Waals surface area contributed by atoms with Crippen LogP contribution in [0.5, 0.6) is 0 Å². The maximum absolute atomic E-state index is 11.9. The Bertz CT molecular complexity index is 305. The molecule has 0 aliphatic rings. The van der Waals surface area contributed by atoms with Crippen LogP contribution in [-0.4, -0.2) is 52.3 Å². The van der Waals surface area contributed by atoms with Crippen molar-refractivity contribution in [2.24, 2.45) is 5.92 Å². The van der Waals surface area contributed by atoms with E-state index in [2.05, 4.69) is 19.2 Å². The number of amides is 2. The predicted molar refractivity (Wildman–Crippen MR) is 73.0 cm³/mol. The van der Waals surface area contributed by atoms with Crippen molar-refractivity contribution in [3.63, 3.8) is 0 Å². The normalized spacial score (nSPS) is 15.4. The molecule has 2 amide bonds. The molecule has 19 heavy (non-hydrogen) atoms. The third-order valence-electron chi connectivity index (χ3n) is 3.05. The number of hydrogen-bond acceptors (Lipinski definition) is 3. The van der Waals surface area contributed by atoms with Gasteiger partial charge < -0.3 is 20.4 Å². The average Bonchev–Trinajstić information content (AvgIpc) is 2.31. The number of carbonyl (C=O) groups excluding carboxylic acids is 1. The molecule has 0 aliphatic carbocycles. The van der Waals surface area contributed by atoms with E-state index >= 15 is 0 Å². The fourth-order valence-electron chi connectivity index (χ4n) is 1.63. The number of carboxylic acid groups (broad SMARTS) is 1. The zero-order valence-corrected chi connectivity index (χ0v) is 12.3. The number of aliphatic carboxylic acids is 1. The molecule has 0 aromatic heterocycles. The lowest BCUT2D eigenvalue weighted by Crippen LogP contribution is -2.48. The molecule has 6 heteroatoms. The lowest BCUT2D eigenvalue weighted by atomic mass is 10.0. The quantitative estimate of drug-likeness (QED) is 0.622. The number of aliphatic hydroxyl groups is 1. The summed E-state index contributed by atoms with van der Waals surface area (Å²) in [6, 6.07) is -0.270. The summed E-state index contributed by atoms with van der Waals surface area (Å²) in [4.78, 5) is 24.1. The van der Waals surface area contributed by atoms with E-state index in [9.17, 15) is 14.7 Å². The van der Waals surface area contributed by atoms with Crippen LogP contribution in [-0.2, 0) is 4.79 Å². The molecule has 0 saturated carbocycles. The highest BCUT2D eigenvalue weighted by atomic mass is 16.4.